The van der Waals surface area contributed by atoms with Crippen molar-refractivity contribution in [1.82, 2.24) is 0 Å². The van der Waals surface area contributed by atoms with Gasteiger partial charge in [-0.05, 0) is 159 Å². The fourth-order valence-electron chi connectivity index (χ4n) is 12.8. The summed E-state index contributed by atoms with van der Waals surface area (Å²) in [5.41, 5.74) is 17.9. The second kappa shape index (κ2) is 11.1. The number of nitrogens with zero attached hydrogens (tertiary/aromatic N) is 1. The third-order valence-corrected chi connectivity index (χ3v) is 14.8. The Bertz CT molecular complexity index is 2630. The lowest BCUT2D eigenvalue weighted by atomic mass is 9.43. The Balaban J connectivity index is 1.03. The zero-order valence-electron chi connectivity index (χ0n) is 31.2. The molecule has 54 heavy (non-hydrogen) atoms. The highest BCUT2D eigenvalue weighted by Crippen LogP contribution is 2.69. The van der Waals surface area contributed by atoms with E-state index in [1.54, 1.807) is 11.1 Å². The second-order valence-corrected chi connectivity index (χ2v) is 17.8. The minimum absolute atomic E-state index is 0.0748. The molecular weight excluding hydrogens is 651 g/mol. The minimum Gasteiger partial charge on any atom is -0.310 e. The van der Waals surface area contributed by atoms with E-state index in [-0.39, 0.29) is 10.8 Å². The summed E-state index contributed by atoms with van der Waals surface area (Å²) in [7, 11) is 0. The predicted octanol–water partition coefficient (Wildman–Crippen LogP) is 14.0. The van der Waals surface area contributed by atoms with Crippen LogP contribution >= 0.6 is 0 Å². The Morgan fingerprint density at radius 3 is 1.76 bits per heavy atom. The maximum absolute atomic E-state index is 2.57. The zero-order chi connectivity index (χ0) is 35.8. The Labute approximate surface area is 319 Å². The number of rotatable bonds is 4. The van der Waals surface area contributed by atoms with Gasteiger partial charge >= 0.3 is 0 Å². The Hall–Kier alpha value is -5.40. The molecule has 0 saturated heterocycles. The first kappa shape index (κ1) is 31.0. The molecule has 1 nitrogen and oxygen atoms in total. The second-order valence-electron chi connectivity index (χ2n) is 17.8. The van der Waals surface area contributed by atoms with Crippen molar-refractivity contribution in [1.29, 1.82) is 0 Å². The molecule has 13 rings (SSSR count). The molecule has 7 aromatic rings. The summed E-state index contributed by atoms with van der Waals surface area (Å²) in [6, 6.07) is 58.0. The first-order chi connectivity index (χ1) is 26.5. The molecule has 0 heterocycles. The number of hydrogen-bond acceptors (Lipinski definition) is 1. The van der Waals surface area contributed by atoms with Crippen LogP contribution in [-0.2, 0) is 10.8 Å². The van der Waals surface area contributed by atoms with E-state index in [4.69, 9.17) is 0 Å². The van der Waals surface area contributed by atoms with Gasteiger partial charge in [-0.15, -0.1) is 0 Å². The smallest absolute Gasteiger partial charge is 0.0468 e. The lowest BCUT2D eigenvalue weighted by Gasteiger charge is -2.61. The molecule has 0 aliphatic heterocycles. The van der Waals surface area contributed by atoms with Gasteiger partial charge in [0, 0.05) is 27.9 Å². The summed E-state index contributed by atoms with van der Waals surface area (Å²) < 4.78 is 0. The number of benzene rings is 7. The van der Waals surface area contributed by atoms with E-state index in [1.165, 1.54) is 104 Å². The molecule has 0 aromatic heterocycles. The molecule has 0 amide bonds. The van der Waals surface area contributed by atoms with Crippen LogP contribution < -0.4 is 4.90 Å². The normalized spacial score (nSPS) is 24.7. The lowest BCUT2D eigenvalue weighted by Crippen LogP contribution is -2.55. The van der Waals surface area contributed by atoms with Crippen LogP contribution in [0.15, 0.2) is 152 Å². The van der Waals surface area contributed by atoms with Crippen LogP contribution in [0, 0.1) is 23.7 Å². The van der Waals surface area contributed by atoms with E-state index < -0.39 is 0 Å². The fraction of sp³-hybridized carbons (Fsp3) is 0.245. The number of anilines is 3. The summed E-state index contributed by atoms with van der Waals surface area (Å²) in [5, 5.41) is 2.57. The van der Waals surface area contributed by atoms with Crippen LogP contribution in [-0.4, -0.2) is 0 Å². The first-order valence-corrected chi connectivity index (χ1v) is 20.4. The van der Waals surface area contributed by atoms with Gasteiger partial charge in [0.15, 0.2) is 0 Å². The van der Waals surface area contributed by atoms with Crippen LogP contribution in [0.4, 0.5) is 17.1 Å². The Morgan fingerprint density at radius 1 is 0.426 bits per heavy atom. The lowest BCUT2D eigenvalue weighted by molar-refractivity contribution is -0.0399. The SMILES string of the molecule is CC1(C)c2ccccc2-c2ccc(N(c3ccc(-c4cccc5ccccc45)cc3)c3ccc4c(c3)-c3ccccc3C43C4CC5CC(C4)CC3C5)cc21. The highest BCUT2D eigenvalue weighted by Gasteiger charge is 2.61. The van der Waals surface area contributed by atoms with Gasteiger partial charge < -0.3 is 4.90 Å². The van der Waals surface area contributed by atoms with E-state index in [0.717, 1.165) is 23.7 Å². The summed E-state index contributed by atoms with van der Waals surface area (Å²) in [4.78, 5) is 2.52. The van der Waals surface area contributed by atoms with Gasteiger partial charge in [0.25, 0.3) is 0 Å². The monoisotopic (exact) mass is 695 g/mol. The molecule has 7 aromatic carbocycles. The largest absolute Gasteiger partial charge is 0.310 e. The Kier molecular flexibility index (Phi) is 6.36. The van der Waals surface area contributed by atoms with Crippen molar-refractivity contribution in [3.05, 3.63) is 174 Å². The zero-order valence-corrected chi connectivity index (χ0v) is 31.2. The summed E-state index contributed by atoms with van der Waals surface area (Å²) in [6.45, 7) is 4.78. The van der Waals surface area contributed by atoms with Crippen LogP contribution in [0.5, 0.6) is 0 Å². The molecule has 0 atom stereocenters. The van der Waals surface area contributed by atoms with Gasteiger partial charge in [0.1, 0.15) is 0 Å². The van der Waals surface area contributed by atoms with Gasteiger partial charge in [-0.25, -0.2) is 0 Å². The fourth-order valence-corrected chi connectivity index (χ4v) is 12.8. The van der Waals surface area contributed by atoms with Gasteiger partial charge in [-0.2, -0.15) is 0 Å². The maximum Gasteiger partial charge on any atom is 0.0468 e. The van der Waals surface area contributed by atoms with Crippen LogP contribution in [0.25, 0.3) is 44.2 Å². The average molecular weight is 696 g/mol. The van der Waals surface area contributed by atoms with E-state index in [1.807, 2.05) is 0 Å². The van der Waals surface area contributed by atoms with Crippen molar-refractivity contribution < 1.29 is 0 Å². The quantitative estimate of drug-likeness (QED) is 0.177. The van der Waals surface area contributed by atoms with Gasteiger partial charge in [-0.3, -0.25) is 0 Å². The van der Waals surface area contributed by atoms with Crippen molar-refractivity contribution in [3.8, 4) is 33.4 Å². The Morgan fingerprint density at radius 2 is 0.981 bits per heavy atom. The molecule has 4 bridgehead atoms. The molecule has 0 radical (unpaired) electrons. The topological polar surface area (TPSA) is 3.24 Å². The third-order valence-electron chi connectivity index (χ3n) is 14.8. The predicted molar refractivity (Wildman–Crippen MR) is 225 cm³/mol. The minimum atomic E-state index is -0.0748. The van der Waals surface area contributed by atoms with Crippen molar-refractivity contribution in [2.45, 2.75) is 56.8 Å². The van der Waals surface area contributed by atoms with E-state index in [2.05, 4.69) is 170 Å². The molecular formula is C53H45N. The first-order valence-electron chi connectivity index (χ1n) is 20.4. The average Bonchev–Trinajstić information content (AvgIpc) is 3.62. The number of fused-ring (bicyclic) bond motifs is 7. The molecule has 0 unspecified atom stereocenters. The highest BCUT2D eigenvalue weighted by molar-refractivity contribution is 5.97. The molecule has 4 fully saturated rings. The summed E-state index contributed by atoms with van der Waals surface area (Å²) >= 11 is 0. The van der Waals surface area contributed by atoms with Crippen LogP contribution in [0.2, 0.25) is 0 Å². The summed E-state index contributed by atoms with van der Waals surface area (Å²) in [6.07, 6.45) is 7.11. The van der Waals surface area contributed by atoms with Crippen LogP contribution in [0.3, 0.4) is 0 Å². The molecule has 4 saturated carbocycles. The van der Waals surface area contributed by atoms with Gasteiger partial charge in [0.05, 0.1) is 0 Å². The third kappa shape index (κ3) is 4.11. The maximum atomic E-state index is 2.57. The molecule has 262 valence electrons. The molecule has 0 N–H and O–H groups in total. The molecule has 6 aliphatic rings. The highest BCUT2D eigenvalue weighted by atomic mass is 15.1. The van der Waals surface area contributed by atoms with Crippen molar-refractivity contribution in [2.75, 3.05) is 4.90 Å². The van der Waals surface area contributed by atoms with Crippen molar-refractivity contribution in [2.24, 2.45) is 23.7 Å². The summed E-state index contributed by atoms with van der Waals surface area (Å²) in [5.74, 6) is 3.41. The van der Waals surface area contributed by atoms with Crippen molar-refractivity contribution in [3.63, 3.8) is 0 Å². The molecule has 1 spiro atoms. The van der Waals surface area contributed by atoms with E-state index in [0.29, 0.717) is 0 Å². The van der Waals surface area contributed by atoms with Crippen LogP contribution in [0.1, 0.15) is 68.2 Å². The van der Waals surface area contributed by atoms with E-state index >= 15 is 0 Å². The molecule has 1 heteroatoms. The molecule has 6 aliphatic carbocycles. The van der Waals surface area contributed by atoms with Gasteiger partial charge in [-0.1, -0.05) is 129 Å². The standard InChI is InChI=1S/C53H45N/c1-52(2)48-16-7-5-13-44(48)46-24-22-41(32-51(46)52)54(39-20-18-36(19-21-39)43-15-9-11-35-10-3-4-12-42(35)43)40-23-25-50-47(31-40)45-14-6-8-17-49(45)53(50)37-27-33-26-34(29-37)30-38(53)28-33/h3-25,31-34,37-38H,26-30H2,1-2H3. The van der Waals surface area contributed by atoms with E-state index in [9.17, 15) is 0 Å². The number of hydrogen-bond donors (Lipinski definition) is 0. The van der Waals surface area contributed by atoms with Gasteiger partial charge in [0.2, 0.25) is 0 Å². The van der Waals surface area contributed by atoms with Crippen molar-refractivity contribution >= 4 is 27.8 Å².